The van der Waals surface area contributed by atoms with E-state index in [0.29, 0.717) is 24.7 Å². The average Bonchev–Trinajstić information content (AvgIpc) is 1.00. The molecule has 1 radical (unpaired) electrons. The summed E-state index contributed by atoms with van der Waals surface area (Å²) in [6.45, 7) is 0. The van der Waals surface area contributed by atoms with Crippen LogP contribution >= 0.6 is 0 Å². The van der Waals surface area contributed by atoms with Crippen molar-refractivity contribution < 1.29 is 63.1 Å². The second-order valence-corrected chi connectivity index (χ2v) is 0. The molecule has 0 amide bonds. The SMILES string of the molecule is [AlH3].[La].[LiH].[LiH].[O]=[Zr]. The molecule has 0 aromatic heterocycles. The number of hydrogen-bond acceptors (Lipinski definition) is 1. The molecule has 0 saturated heterocycles. The summed E-state index contributed by atoms with van der Waals surface area (Å²) in [6, 6.07) is 0. The topological polar surface area (TPSA) is 17.1 Å². The van der Waals surface area contributed by atoms with Crippen molar-refractivity contribution in [3.63, 3.8) is 0 Å². The Bertz CT molecular complexity index is 13.5. The van der Waals surface area contributed by atoms with E-state index in [1.54, 1.807) is 0 Å². The second kappa shape index (κ2) is 38.3. The van der Waals surface area contributed by atoms with Gasteiger partial charge in [-0.3, -0.25) is 0 Å². The van der Waals surface area contributed by atoms with Crippen LogP contribution in [0, 0.1) is 35.6 Å². The van der Waals surface area contributed by atoms with Gasteiger partial charge in [-0.25, -0.2) is 0 Å². The van der Waals surface area contributed by atoms with Gasteiger partial charge in [0.25, 0.3) is 0 Å². The van der Waals surface area contributed by atoms with E-state index in [1.807, 2.05) is 0 Å². The van der Waals surface area contributed by atoms with Gasteiger partial charge in [0.15, 0.2) is 17.4 Å². The van der Waals surface area contributed by atoms with Crippen LogP contribution in [0.4, 0.5) is 0 Å². The molecule has 0 aromatic carbocycles. The van der Waals surface area contributed by atoms with Gasteiger partial charge in [0.1, 0.15) is 0 Å². The summed E-state index contributed by atoms with van der Waals surface area (Å²) < 4.78 is 8.34. The summed E-state index contributed by atoms with van der Waals surface area (Å²) in [5, 5.41) is 0. The summed E-state index contributed by atoms with van der Waals surface area (Å²) >= 11 is 0.300. The molecule has 0 fully saturated rings. The summed E-state index contributed by atoms with van der Waals surface area (Å²) in [4.78, 5) is 0. The molecule has 0 spiro atoms. The van der Waals surface area contributed by atoms with Crippen molar-refractivity contribution in [2.75, 3.05) is 0 Å². The summed E-state index contributed by atoms with van der Waals surface area (Å²) in [6.07, 6.45) is 0. The van der Waals surface area contributed by atoms with Gasteiger partial charge in [0.2, 0.25) is 0 Å². The predicted molar refractivity (Wildman–Crippen MR) is 24.9 cm³/mol. The van der Waals surface area contributed by atoms with Gasteiger partial charge in [0.05, 0.1) is 0 Å². The van der Waals surface area contributed by atoms with Crippen LogP contribution in [0.15, 0.2) is 0 Å². The first-order valence-corrected chi connectivity index (χ1v) is 1.21. The van der Waals surface area contributed by atoms with Crippen molar-refractivity contribution in [2.24, 2.45) is 0 Å². The van der Waals surface area contributed by atoms with Crippen LogP contribution < -0.4 is 0 Å². The van der Waals surface area contributed by atoms with Crippen molar-refractivity contribution in [2.45, 2.75) is 0 Å². The number of rotatable bonds is 0. The van der Waals surface area contributed by atoms with Gasteiger partial charge in [0, 0.05) is 35.6 Å². The van der Waals surface area contributed by atoms with E-state index < -0.39 is 0 Å². The van der Waals surface area contributed by atoms with Crippen LogP contribution in [0.2, 0.25) is 0 Å². The summed E-state index contributed by atoms with van der Waals surface area (Å²) in [5.41, 5.74) is 0. The van der Waals surface area contributed by atoms with Crippen LogP contribution in [-0.2, 0) is 27.5 Å². The average molecular weight is 292 g/mol. The van der Waals surface area contributed by atoms with Crippen molar-refractivity contribution in [1.29, 1.82) is 0 Å². The fourth-order valence-corrected chi connectivity index (χ4v) is 0. The van der Waals surface area contributed by atoms with Gasteiger partial charge < -0.3 is 0 Å². The van der Waals surface area contributed by atoms with Gasteiger partial charge in [-0.1, -0.05) is 0 Å². The van der Waals surface area contributed by atoms with E-state index in [1.165, 1.54) is 0 Å². The Kier molecular flexibility index (Phi) is 214. The monoisotopic (exact) mass is 291 g/mol. The molecule has 6 heteroatoms. The van der Waals surface area contributed by atoms with E-state index in [-0.39, 0.29) is 90.7 Å². The van der Waals surface area contributed by atoms with Gasteiger partial charge >= 0.3 is 65.3 Å². The third-order valence-corrected chi connectivity index (χ3v) is 0. The van der Waals surface area contributed by atoms with E-state index >= 15 is 0 Å². The van der Waals surface area contributed by atoms with Gasteiger partial charge in [-0.05, 0) is 0 Å². The minimum atomic E-state index is 0. The zero-order valence-electron chi connectivity index (χ0n) is 1.49. The molecule has 0 unspecified atom stereocenters. The molecule has 23 valence electrons. The predicted octanol–water partition coefficient (Wildman–Crippen LogP) is -2.60. The van der Waals surface area contributed by atoms with Crippen molar-refractivity contribution in [3.8, 4) is 0 Å². The first-order valence-electron chi connectivity index (χ1n) is 0.204. The van der Waals surface area contributed by atoms with Crippen LogP contribution in [0.3, 0.4) is 0 Å². The Morgan fingerprint density at radius 1 is 1.00 bits per heavy atom. The van der Waals surface area contributed by atoms with Crippen LogP contribution in [0.1, 0.15) is 0 Å². The maximum atomic E-state index is 8.34. The van der Waals surface area contributed by atoms with Crippen molar-refractivity contribution in [3.05, 3.63) is 0 Å². The molecule has 0 rings (SSSR count). The minimum absolute atomic E-state index is 0. The fraction of sp³-hybridized carbons (Fsp3) is 0. The first-order chi connectivity index (χ1) is 1.00. The molecular formula is H5AlLaLi2OZr. The molecule has 0 atom stereocenters. The van der Waals surface area contributed by atoms with Crippen molar-refractivity contribution in [1.82, 2.24) is 0 Å². The Labute approximate surface area is 116 Å². The molecular weight excluding hydrogens is 287 g/mol. The van der Waals surface area contributed by atoms with E-state index in [0.717, 1.165) is 0 Å². The maximum absolute atomic E-state index is 8.34. The standard InChI is InChI=1S/Al.La.2Li.O.Zr.5H. The quantitative estimate of drug-likeness (QED) is 0.448. The Balaban J connectivity index is -0.000000000833. The molecule has 0 aromatic rings. The fourth-order valence-electron chi connectivity index (χ4n) is 0. The van der Waals surface area contributed by atoms with Gasteiger partial charge in [-0.15, -0.1) is 0 Å². The molecule has 0 bridgehead atoms. The summed E-state index contributed by atoms with van der Waals surface area (Å²) in [7, 11) is 0. The molecule has 0 aliphatic rings. The van der Waals surface area contributed by atoms with E-state index in [9.17, 15) is 0 Å². The Morgan fingerprint density at radius 3 is 1.00 bits per heavy atom. The molecule has 6 heavy (non-hydrogen) atoms. The van der Waals surface area contributed by atoms with E-state index in [4.69, 9.17) is 2.81 Å². The molecule has 0 aliphatic carbocycles. The van der Waals surface area contributed by atoms with E-state index in [2.05, 4.69) is 0 Å². The van der Waals surface area contributed by atoms with Crippen LogP contribution in [0.5, 0.6) is 0 Å². The second-order valence-electron chi connectivity index (χ2n) is 0. The molecule has 0 aliphatic heterocycles. The Morgan fingerprint density at radius 2 is 1.00 bits per heavy atom. The van der Waals surface area contributed by atoms with Crippen LogP contribution in [0.25, 0.3) is 0 Å². The summed E-state index contributed by atoms with van der Waals surface area (Å²) in [5.74, 6) is 0. The third-order valence-electron chi connectivity index (χ3n) is 0. The third kappa shape index (κ3) is 25.5. The van der Waals surface area contributed by atoms with Gasteiger partial charge in [-0.2, -0.15) is 0 Å². The Hall–Kier alpha value is 3.61. The zero-order valence-corrected chi connectivity index (χ0v) is 7.57. The molecule has 0 N–H and O–H groups in total. The van der Waals surface area contributed by atoms with Crippen LogP contribution in [-0.4, -0.2) is 55.1 Å². The number of hydrogen-bond donors (Lipinski definition) is 0. The first kappa shape index (κ1) is 33.5. The van der Waals surface area contributed by atoms with Crippen molar-refractivity contribution >= 4 is 55.1 Å². The zero-order chi connectivity index (χ0) is 2.00. The normalized spacial score (nSPS) is 0.500. The molecule has 1 nitrogen and oxygen atoms in total. The molecule has 0 heterocycles. The molecule has 0 saturated carbocycles.